The lowest BCUT2D eigenvalue weighted by molar-refractivity contribution is -0.175. The second kappa shape index (κ2) is 8.22. The molecule has 1 atom stereocenters. The Kier molecular flexibility index (Phi) is 5.75. The first-order chi connectivity index (χ1) is 12.9. The zero-order valence-electron chi connectivity index (χ0n) is 14.3. The fourth-order valence-corrected chi connectivity index (χ4v) is 2.70. The van der Waals surface area contributed by atoms with Crippen LogP contribution < -0.4 is 5.32 Å². The van der Waals surface area contributed by atoms with Crippen molar-refractivity contribution in [2.75, 3.05) is 13.2 Å². The van der Waals surface area contributed by atoms with Gasteiger partial charge in [0.1, 0.15) is 19.0 Å². The molecule has 27 heavy (non-hydrogen) atoms. The molecule has 0 saturated heterocycles. The van der Waals surface area contributed by atoms with Crippen LogP contribution in [0.25, 0.3) is 11.0 Å². The highest BCUT2D eigenvalue weighted by Gasteiger charge is 2.28. The summed E-state index contributed by atoms with van der Waals surface area (Å²) in [4.78, 5) is 19.7. The van der Waals surface area contributed by atoms with Gasteiger partial charge in [0.25, 0.3) is 0 Å². The molecule has 0 aliphatic heterocycles. The zero-order chi connectivity index (χ0) is 19.3. The minimum atomic E-state index is -4.47. The Bertz CT molecular complexity index is 861. The van der Waals surface area contributed by atoms with Crippen molar-refractivity contribution < 1.29 is 22.7 Å². The minimum absolute atomic E-state index is 0.436. The van der Waals surface area contributed by atoms with Crippen LogP contribution in [0.15, 0.2) is 54.6 Å². The van der Waals surface area contributed by atoms with Crippen molar-refractivity contribution >= 4 is 16.9 Å². The van der Waals surface area contributed by atoms with Gasteiger partial charge in [-0.15, -0.1) is 0 Å². The Balaban J connectivity index is 1.74. The molecule has 0 aliphatic rings. The summed E-state index contributed by atoms with van der Waals surface area (Å²) in [5, 5.41) is 2.70. The molecule has 0 bridgehead atoms. The summed E-state index contributed by atoms with van der Waals surface area (Å²) in [7, 11) is 0. The standard InChI is InChI=1S/C19H18F3N3O2/c20-19(21,22)12-27-11-17(26)23-16(10-13-6-2-1-3-7-13)18-24-14-8-4-5-9-15(14)25-18/h1-9,16H,10-12H2,(H,23,26)(H,24,25)/t16-/m0/s1. The van der Waals surface area contributed by atoms with E-state index in [2.05, 4.69) is 20.0 Å². The number of benzene rings is 2. The molecular formula is C19H18F3N3O2. The Morgan fingerprint density at radius 1 is 1.11 bits per heavy atom. The van der Waals surface area contributed by atoms with Crippen LogP contribution in [0.5, 0.6) is 0 Å². The molecule has 142 valence electrons. The van der Waals surface area contributed by atoms with Gasteiger partial charge >= 0.3 is 6.18 Å². The number of aromatic amines is 1. The SMILES string of the molecule is O=C(COCC(F)(F)F)N[C@@H](Cc1ccccc1)c1nc2ccccc2[nH]1. The van der Waals surface area contributed by atoms with Crippen molar-refractivity contribution in [1.29, 1.82) is 0 Å². The number of halogens is 3. The molecule has 0 saturated carbocycles. The highest BCUT2D eigenvalue weighted by atomic mass is 19.4. The van der Waals surface area contributed by atoms with Crippen LogP contribution in [0.1, 0.15) is 17.4 Å². The van der Waals surface area contributed by atoms with Crippen molar-refractivity contribution in [2.24, 2.45) is 0 Å². The summed E-state index contributed by atoms with van der Waals surface area (Å²) in [6.45, 7) is -2.14. The zero-order valence-corrected chi connectivity index (χ0v) is 14.3. The van der Waals surface area contributed by atoms with E-state index in [1.165, 1.54) is 0 Å². The molecule has 1 amide bonds. The fourth-order valence-electron chi connectivity index (χ4n) is 2.70. The van der Waals surface area contributed by atoms with Gasteiger partial charge in [0.15, 0.2) is 0 Å². The Hall–Kier alpha value is -2.87. The Morgan fingerprint density at radius 3 is 2.52 bits per heavy atom. The number of nitrogens with one attached hydrogen (secondary N) is 2. The third-order valence-electron chi connectivity index (χ3n) is 3.85. The number of amides is 1. The lowest BCUT2D eigenvalue weighted by atomic mass is 10.1. The number of carbonyl (C=O) groups excluding carboxylic acids is 1. The van der Waals surface area contributed by atoms with E-state index in [-0.39, 0.29) is 0 Å². The predicted molar refractivity (Wildman–Crippen MR) is 94.0 cm³/mol. The van der Waals surface area contributed by atoms with Crippen LogP contribution in [0.4, 0.5) is 13.2 Å². The van der Waals surface area contributed by atoms with Crippen LogP contribution in [0.2, 0.25) is 0 Å². The molecule has 0 radical (unpaired) electrons. The maximum Gasteiger partial charge on any atom is 0.411 e. The molecule has 2 aromatic carbocycles. The van der Waals surface area contributed by atoms with Crippen LogP contribution in [0, 0.1) is 0 Å². The molecule has 3 rings (SSSR count). The van der Waals surface area contributed by atoms with Crippen molar-refractivity contribution in [3.8, 4) is 0 Å². The number of ether oxygens (including phenoxy) is 1. The fraction of sp³-hybridized carbons (Fsp3) is 0.263. The van der Waals surface area contributed by atoms with Crippen LogP contribution in [0.3, 0.4) is 0 Å². The number of H-pyrrole nitrogens is 1. The van der Waals surface area contributed by atoms with Crippen molar-refractivity contribution in [2.45, 2.75) is 18.6 Å². The minimum Gasteiger partial charge on any atom is -0.362 e. The molecule has 1 aromatic heterocycles. The van der Waals surface area contributed by atoms with E-state index in [1.807, 2.05) is 54.6 Å². The number of alkyl halides is 3. The molecule has 0 fully saturated rings. The first-order valence-corrected chi connectivity index (χ1v) is 8.33. The molecular weight excluding hydrogens is 359 g/mol. The number of fused-ring (bicyclic) bond motifs is 1. The molecule has 1 heterocycles. The molecule has 0 unspecified atom stereocenters. The van der Waals surface area contributed by atoms with Gasteiger partial charge in [-0.3, -0.25) is 4.79 Å². The second-order valence-corrected chi connectivity index (χ2v) is 6.06. The quantitative estimate of drug-likeness (QED) is 0.662. The third-order valence-corrected chi connectivity index (χ3v) is 3.85. The van der Waals surface area contributed by atoms with Gasteiger partial charge < -0.3 is 15.0 Å². The normalized spacial score (nSPS) is 12.9. The number of imidazole rings is 1. The van der Waals surface area contributed by atoms with Gasteiger partial charge in [0.05, 0.1) is 17.1 Å². The van der Waals surface area contributed by atoms with Gasteiger partial charge in [-0.05, 0) is 24.1 Å². The number of para-hydroxylation sites is 2. The third kappa shape index (κ3) is 5.55. The average Bonchev–Trinajstić information content (AvgIpc) is 3.05. The maximum atomic E-state index is 12.2. The summed E-state index contributed by atoms with van der Waals surface area (Å²) in [5.41, 5.74) is 2.51. The first kappa shape index (κ1) is 18.9. The van der Waals surface area contributed by atoms with Crippen LogP contribution >= 0.6 is 0 Å². The summed E-state index contributed by atoms with van der Waals surface area (Å²) in [5.74, 6) is -0.107. The van der Waals surface area contributed by atoms with Crippen LogP contribution in [-0.4, -0.2) is 35.3 Å². The molecule has 3 aromatic rings. The average molecular weight is 377 g/mol. The van der Waals surface area contributed by atoms with E-state index in [0.29, 0.717) is 12.2 Å². The van der Waals surface area contributed by atoms with E-state index in [0.717, 1.165) is 16.6 Å². The number of nitrogens with zero attached hydrogens (tertiary/aromatic N) is 1. The van der Waals surface area contributed by atoms with Gasteiger partial charge in [0, 0.05) is 0 Å². The summed E-state index contributed by atoms with van der Waals surface area (Å²) < 4.78 is 40.9. The molecule has 8 heteroatoms. The van der Waals surface area contributed by atoms with Gasteiger partial charge in [-0.25, -0.2) is 4.98 Å². The first-order valence-electron chi connectivity index (χ1n) is 8.33. The number of rotatable bonds is 7. The number of hydrogen-bond donors (Lipinski definition) is 2. The number of hydrogen-bond acceptors (Lipinski definition) is 3. The van der Waals surface area contributed by atoms with E-state index in [4.69, 9.17) is 0 Å². The van der Waals surface area contributed by atoms with E-state index in [9.17, 15) is 18.0 Å². The molecule has 2 N–H and O–H groups in total. The topological polar surface area (TPSA) is 67.0 Å². The summed E-state index contributed by atoms with van der Waals surface area (Å²) in [6, 6.07) is 16.3. The largest absolute Gasteiger partial charge is 0.411 e. The highest BCUT2D eigenvalue weighted by molar-refractivity contribution is 5.78. The summed E-state index contributed by atoms with van der Waals surface area (Å²) >= 11 is 0. The van der Waals surface area contributed by atoms with E-state index < -0.39 is 31.3 Å². The summed E-state index contributed by atoms with van der Waals surface area (Å²) in [6.07, 6.45) is -4.03. The predicted octanol–water partition coefficient (Wildman–Crippen LogP) is 3.54. The van der Waals surface area contributed by atoms with Gasteiger partial charge in [-0.2, -0.15) is 13.2 Å². The number of aromatic nitrogens is 2. The van der Waals surface area contributed by atoms with Crippen molar-refractivity contribution in [3.63, 3.8) is 0 Å². The highest BCUT2D eigenvalue weighted by Crippen LogP contribution is 2.20. The van der Waals surface area contributed by atoms with E-state index in [1.54, 1.807) is 0 Å². The monoisotopic (exact) mass is 377 g/mol. The lowest BCUT2D eigenvalue weighted by Gasteiger charge is -2.17. The second-order valence-electron chi connectivity index (χ2n) is 6.06. The van der Waals surface area contributed by atoms with E-state index >= 15 is 0 Å². The molecule has 5 nitrogen and oxygen atoms in total. The number of carbonyl (C=O) groups is 1. The van der Waals surface area contributed by atoms with Crippen molar-refractivity contribution in [1.82, 2.24) is 15.3 Å². The molecule has 0 spiro atoms. The van der Waals surface area contributed by atoms with Gasteiger partial charge in [0.2, 0.25) is 5.91 Å². The molecule has 0 aliphatic carbocycles. The van der Waals surface area contributed by atoms with Crippen LogP contribution in [-0.2, 0) is 16.0 Å². The maximum absolute atomic E-state index is 12.2. The smallest absolute Gasteiger partial charge is 0.362 e. The Morgan fingerprint density at radius 2 is 1.81 bits per heavy atom. The Labute approximate surface area is 153 Å². The van der Waals surface area contributed by atoms with Crippen molar-refractivity contribution in [3.05, 3.63) is 66.0 Å². The lowest BCUT2D eigenvalue weighted by Crippen LogP contribution is -2.34. The van der Waals surface area contributed by atoms with Gasteiger partial charge in [-0.1, -0.05) is 42.5 Å².